The molecule has 2 aliphatic heterocycles. The largest absolute Gasteiger partial charge is 0.496 e. The summed E-state index contributed by atoms with van der Waals surface area (Å²) in [5.74, 6) is 1.40. The molecule has 0 radical (unpaired) electrons. The highest BCUT2D eigenvalue weighted by Gasteiger charge is 2.57. The minimum atomic E-state index is 0.195. The van der Waals surface area contributed by atoms with Crippen molar-refractivity contribution >= 4 is 5.91 Å². The Balaban J connectivity index is 1.43. The van der Waals surface area contributed by atoms with Crippen LogP contribution in [0, 0.1) is 11.3 Å². The van der Waals surface area contributed by atoms with E-state index in [9.17, 15) is 4.79 Å². The highest BCUT2D eigenvalue weighted by atomic mass is 16.5. The zero-order valence-corrected chi connectivity index (χ0v) is 15.8. The van der Waals surface area contributed by atoms with Crippen LogP contribution in [-0.2, 0) is 4.79 Å². The van der Waals surface area contributed by atoms with Crippen molar-refractivity contribution in [1.82, 2.24) is 15.5 Å². The SMILES string of the molecule is COc1ccccc1C(CNC(=O)C1CC12CCNCC2)N1CCCC1. The van der Waals surface area contributed by atoms with Crippen molar-refractivity contribution < 1.29 is 9.53 Å². The minimum absolute atomic E-state index is 0.195. The average molecular weight is 357 g/mol. The Labute approximate surface area is 156 Å². The van der Waals surface area contributed by atoms with Gasteiger partial charge in [-0.25, -0.2) is 0 Å². The molecule has 1 spiro atoms. The molecule has 1 amide bonds. The molecule has 2 unspecified atom stereocenters. The number of piperidine rings is 1. The molecule has 1 aromatic carbocycles. The fourth-order valence-corrected chi connectivity index (χ4v) is 4.95. The van der Waals surface area contributed by atoms with E-state index in [4.69, 9.17) is 4.74 Å². The van der Waals surface area contributed by atoms with Gasteiger partial charge in [0.2, 0.25) is 5.91 Å². The van der Waals surface area contributed by atoms with Gasteiger partial charge in [-0.2, -0.15) is 0 Å². The van der Waals surface area contributed by atoms with Crippen LogP contribution in [0.25, 0.3) is 0 Å². The summed E-state index contributed by atoms with van der Waals surface area (Å²) in [5, 5.41) is 6.70. The zero-order valence-electron chi connectivity index (χ0n) is 15.8. The number of nitrogens with one attached hydrogen (secondary N) is 2. The molecule has 1 aromatic rings. The summed E-state index contributed by atoms with van der Waals surface area (Å²) in [4.78, 5) is 15.3. The average Bonchev–Trinajstić information content (AvgIpc) is 3.11. The number of hydrogen-bond donors (Lipinski definition) is 2. The number of para-hydroxylation sites is 1. The molecule has 2 atom stereocenters. The third kappa shape index (κ3) is 3.47. The van der Waals surface area contributed by atoms with E-state index in [0.29, 0.717) is 12.0 Å². The number of amides is 1. The van der Waals surface area contributed by atoms with Crippen LogP contribution in [-0.4, -0.2) is 50.6 Å². The Morgan fingerprint density at radius 3 is 2.77 bits per heavy atom. The van der Waals surface area contributed by atoms with Crippen LogP contribution in [0.2, 0.25) is 0 Å². The predicted molar refractivity (Wildman–Crippen MR) is 102 cm³/mol. The van der Waals surface area contributed by atoms with Gasteiger partial charge in [0.25, 0.3) is 0 Å². The molecule has 5 nitrogen and oxygen atoms in total. The Hall–Kier alpha value is -1.59. The van der Waals surface area contributed by atoms with Gasteiger partial charge in [0, 0.05) is 18.0 Å². The molecule has 26 heavy (non-hydrogen) atoms. The summed E-state index contributed by atoms with van der Waals surface area (Å²) in [6.07, 6.45) is 5.83. The van der Waals surface area contributed by atoms with Crippen LogP contribution in [0.1, 0.15) is 43.7 Å². The number of hydrogen-bond acceptors (Lipinski definition) is 4. The molecule has 2 heterocycles. The molecule has 3 aliphatic rings. The van der Waals surface area contributed by atoms with Gasteiger partial charge in [-0.1, -0.05) is 18.2 Å². The van der Waals surface area contributed by atoms with Gasteiger partial charge in [-0.15, -0.1) is 0 Å². The van der Waals surface area contributed by atoms with Gasteiger partial charge in [-0.05, 0) is 69.8 Å². The van der Waals surface area contributed by atoms with E-state index in [1.165, 1.54) is 18.4 Å². The van der Waals surface area contributed by atoms with Crippen molar-refractivity contribution in [2.45, 2.75) is 38.1 Å². The lowest BCUT2D eigenvalue weighted by atomic mass is 9.91. The molecule has 2 N–H and O–H groups in total. The van der Waals surface area contributed by atoms with Crippen molar-refractivity contribution in [3.8, 4) is 5.75 Å². The van der Waals surface area contributed by atoms with Gasteiger partial charge >= 0.3 is 0 Å². The van der Waals surface area contributed by atoms with Crippen molar-refractivity contribution in [3.05, 3.63) is 29.8 Å². The Morgan fingerprint density at radius 1 is 1.31 bits per heavy atom. The number of nitrogens with zero attached hydrogens (tertiary/aromatic N) is 1. The monoisotopic (exact) mass is 357 g/mol. The summed E-state index contributed by atoms with van der Waals surface area (Å²) in [5.41, 5.74) is 1.48. The second-order valence-corrected chi connectivity index (χ2v) is 8.12. The maximum Gasteiger partial charge on any atom is 0.223 e. The zero-order chi connectivity index (χ0) is 18.0. The standard InChI is InChI=1S/C21H31N3O2/c1-26-19-7-3-2-6-16(19)18(24-12-4-5-13-24)15-23-20(25)17-14-21(17)8-10-22-11-9-21/h2-3,6-7,17-18,22H,4-5,8-15H2,1H3,(H,23,25). The van der Waals surface area contributed by atoms with E-state index in [2.05, 4.69) is 27.7 Å². The van der Waals surface area contributed by atoms with Crippen LogP contribution in [0.15, 0.2) is 24.3 Å². The number of ether oxygens (including phenoxy) is 1. The first kappa shape index (κ1) is 17.8. The second-order valence-electron chi connectivity index (χ2n) is 8.12. The van der Waals surface area contributed by atoms with Gasteiger partial charge in [0.1, 0.15) is 5.75 Å². The highest BCUT2D eigenvalue weighted by molar-refractivity contribution is 5.82. The summed E-state index contributed by atoms with van der Waals surface area (Å²) in [6.45, 7) is 4.97. The van der Waals surface area contributed by atoms with Crippen LogP contribution < -0.4 is 15.4 Å². The third-order valence-corrected chi connectivity index (χ3v) is 6.65. The van der Waals surface area contributed by atoms with E-state index in [-0.39, 0.29) is 17.9 Å². The first-order valence-electron chi connectivity index (χ1n) is 10.1. The molecule has 3 fully saturated rings. The quantitative estimate of drug-likeness (QED) is 0.821. The Kier molecular flexibility index (Phi) is 5.18. The Morgan fingerprint density at radius 2 is 2.04 bits per heavy atom. The summed E-state index contributed by atoms with van der Waals surface area (Å²) < 4.78 is 5.60. The lowest BCUT2D eigenvalue weighted by Crippen LogP contribution is -2.39. The Bertz CT molecular complexity index is 636. The fraction of sp³-hybridized carbons (Fsp3) is 0.667. The number of benzene rings is 1. The van der Waals surface area contributed by atoms with Gasteiger partial charge < -0.3 is 15.4 Å². The molecule has 4 rings (SSSR count). The number of rotatable bonds is 6. The van der Waals surface area contributed by atoms with Gasteiger partial charge in [0.05, 0.1) is 13.2 Å². The number of carbonyl (C=O) groups is 1. The summed E-state index contributed by atoms with van der Waals surface area (Å²) in [6, 6.07) is 8.42. The van der Waals surface area contributed by atoms with E-state index >= 15 is 0 Å². The van der Waals surface area contributed by atoms with E-state index < -0.39 is 0 Å². The third-order valence-electron chi connectivity index (χ3n) is 6.65. The molecular weight excluding hydrogens is 326 g/mol. The molecule has 5 heteroatoms. The maximum absolute atomic E-state index is 12.8. The van der Waals surface area contributed by atoms with E-state index in [1.807, 2.05) is 12.1 Å². The van der Waals surface area contributed by atoms with Crippen molar-refractivity contribution in [3.63, 3.8) is 0 Å². The number of likely N-dealkylation sites (tertiary alicyclic amines) is 1. The van der Waals surface area contributed by atoms with E-state index in [1.54, 1.807) is 7.11 Å². The molecule has 142 valence electrons. The highest BCUT2D eigenvalue weighted by Crippen LogP contribution is 2.58. The molecule has 1 saturated carbocycles. The van der Waals surface area contributed by atoms with E-state index in [0.717, 1.165) is 51.2 Å². The fourth-order valence-electron chi connectivity index (χ4n) is 4.95. The molecule has 1 aliphatic carbocycles. The van der Waals surface area contributed by atoms with Crippen molar-refractivity contribution in [2.24, 2.45) is 11.3 Å². The van der Waals surface area contributed by atoms with Gasteiger partial charge in [-0.3, -0.25) is 9.69 Å². The number of carbonyl (C=O) groups excluding carboxylic acids is 1. The second kappa shape index (κ2) is 7.57. The molecule has 2 saturated heterocycles. The molecular formula is C21H31N3O2. The van der Waals surface area contributed by atoms with Gasteiger partial charge in [0.15, 0.2) is 0 Å². The van der Waals surface area contributed by atoms with Crippen LogP contribution in [0.4, 0.5) is 0 Å². The van der Waals surface area contributed by atoms with Crippen molar-refractivity contribution in [2.75, 3.05) is 39.8 Å². The molecule has 0 bridgehead atoms. The molecule has 0 aromatic heterocycles. The summed E-state index contributed by atoms with van der Waals surface area (Å²) in [7, 11) is 1.73. The normalized spacial score (nSPS) is 25.8. The lowest BCUT2D eigenvalue weighted by molar-refractivity contribution is -0.123. The lowest BCUT2D eigenvalue weighted by Gasteiger charge is -2.29. The van der Waals surface area contributed by atoms with Crippen LogP contribution in [0.3, 0.4) is 0 Å². The predicted octanol–water partition coefficient (Wildman–Crippen LogP) is 2.34. The maximum atomic E-state index is 12.8. The van der Waals surface area contributed by atoms with Crippen LogP contribution >= 0.6 is 0 Å². The smallest absolute Gasteiger partial charge is 0.223 e. The topological polar surface area (TPSA) is 53.6 Å². The number of methoxy groups -OCH3 is 1. The van der Waals surface area contributed by atoms with Crippen LogP contribution in [0.5, 0.6) is 5.75 Å². The summed E-state index contributed by atoms with van der Waals surface area (Å²) >= 11 is 0. The first-order valence-corrected chi connectivity index (χ1v) is 10.1. The minimum Gasteiger partial charge on any atom is -0.496 e. The first-order chi connectivity index (χ1) is 12.7. The van der Waals surface area contributed by atoms with Crippen molar-refractivity contribution in [1.29, 1.82) is 0 Å².